The molecule has 0 spiro atoms. The van der Waals surface area contributed by atoms with E-state index in [9.17, 15) is 9.59 Å². The van der Waals surface area contributed by atoms with Crippen LogP contribution in [0, 0.1) is 13.8 Å². The first-order valence-corrected chi connectivity index (χ1v) is 12.5. The highest BCUT2D eigenvalue weighted by Gasteiger charge is 2.19. The summed E-state index contributed by atoms with van der Waals surface area (Å²) < 4.78 is 3.47. The number of rotatable bonds is 7. The Kier molecular flexibility index (Phi) is 6.35. The van der Waals surface area contributed by atoms with Crippen LogP contribution in [0.3, 0.4) is 0 Å². The molecule has 1 saturated heterocycles. The SMILES string of the molecule is Cc1ncc(C(=O)NCCN2CCCC2)cc1NC(=O)c1cnn2cc(-c3cn(C)nc3C)sc12.[HH].[HH]. The third-order valence-corrected chi connectivity index (χ3v) is 7.37. The summed E-state index contributed by atoms with van der Waals surface area (Å²) in [5.74, 6) is -0.498. The van der Waals surface area contributed by atoms with Gasteiger partial charge in [0.05, 0.1) is 39.3 Å². The van der Waals surface area contributed by atoms with Crippen LogP contribution in [0.2, 0.25) is 0 Å². The number of amides is 2. The second-order valence-electron chi connectivity index (χ2n) is 8.82. The van der Waals surface area contributed by atoms with Gasteiger partial charge in [-0.25, -0.2) is 4.52 Å². The molecule has 5 rings (SSSR count). The molecule has 35 heavy (non-hydrogen) atoms. The lowest BCUT2D eigenvalue weighted by Crippen LogP contribution is -2.33. The molecule has 0 radical (unpaired) electrons. The molecule has 1 aliphatic rings. The number of nitrogens with zero attached hydrogens (tertiary/aromatic N) is 6. The van der Waals surface area contributed by atoms with Crippen LogP contribution in [-0.4, -0.2) is 67.3 Å². The zero-order valence-corrected chi connectivity index (χ0v) is 20.9. The van der Waals surface area contributed by atoms with E-state index < -0.39 is 0 Å². The Balaban J connectivity index is 0.00000190. The monoisotopic (exact) mass is 496 g/mol. The lowest BCUT2D eigenvalue weighted by Gasteiger charge is -2.15. The van der Waals surface area contributed by atoms with Crippen molar-refractivity contribution >= 4 is 33.7 Å². The normalized spacial score (nSPS) is 14.0. The summed E-state index contributed by atoms with van der Waals surface area (Å²) >= 11 is 1.48. The first-order valence-electron chi connectivity index (χ1n) is 11.7. The molecule has 0 saturated carbocycles. The molecule has 186 valence electrons. The third kappa shape index (κ3) is 4.82. The van der Waals surface area contributed by atoms with Gasteiger partial charge in [-0.15, -0.1) is 11.3 Å². The Labute approximate surface area is 209 Å². The fourth-order valence-electron chi connectivity index (χ4n) is 4.32. The van der Waals surface area contributed by atoms with Gasteiger partial charge in [-0.05, 0) is 45.8 Å². The Morgan fingerprint density at radius 3 is 2.66 bits per heavy atom. The number of aromatic nitrogens is 5. The quantitative estimate of drug-likeness (QED) is 0.406. The fraction of sp³-hybridized carbons (Fsp3) is 0.375. The molecule has 0 unspecified atom stereocenters. The lowest BCUT2D eigenvalue weighted by molar-refractivity contribution is 0.0948. The Hall–Kier alpha value is -3.57. The van der Waals surface area contributed by atoms with E-state index in [1.54, 1.807) is 28.4 Å². The summed E-state index contributed by atoms with van der Waals surface area (Å²) in [5, 5.41) is 14.6. The highest BCUT2D eigenvalue weighted by atomic mass is 32.1. The van der Waals surface area contributed by atoms with E-state index in [2.05, 4.69) is 30.7 Å². The van der Waals surface area contributed by atoms with E-state index >= 15 is 0 Å². The van der Waals surface area contributed by atoms with Gasteiger partial charge in [0.2, 0.25) is 0 Å². The molecule has 0 atom stereocenters. The number of hydrogen-bond donors (Lipinski definition) is 2. The molecule has 0 aromatic carbocycles. The minimum absolute atomic E-state index is 0. The fourth-order valence-corrected chi connectivity index (χ4v) is 5.44. The first kappa shape index (κ1) is 23.2. The molecule has 1 aliphatic heterocycles. The number of thiazole rings is 1. The minimum atomic E-state index is -0.298. The molecule has 10 nitrogen and oxygen atoms in total. The van der Waals surface area contributed by atoms with Gasteiger partial charge in [0.1, 0.15) is 4.83 Å². The molecule has 1 fully saturated rings. The van der Waals surface area contributed by atoms with Crippen molar-refractivity contribution in [1.82, 2.24) is 34.6 Å². The average Bonchev–Trinajstić information content (AvgIpc) is 3.60. The maximum Gasteiger partial charge on any atom is 0.260 e. The van der Waals surface area contributed by atoms with Crippen LogP contribution in [0.25, 0.3) is 15.3 Å². The maximum absolute atomic E-state index is 13.2. The molecule has 0 bridgehead atoms. The van der Waals surface area contributed by atoms with Gasteiger partial charge in [0.15, 0.2) is 0 Å². The zero-order valence-electron chi connectivity index (χ0n) is 20.0. The van der Waals surface area contributed by atoms with E-state index in [0.29, 0.717) is 29.1 Å². The molecule has 5 heterocycles. The van der Waals surface area contributed by atoms with Gasteiger partial charge < -0.3 is 15.5 Å². The third-order valence-electron chi connectivity index (χ3n) is 6.23. The molecule has 2 amide bonds. The highest BCUT2D eigenvalue weighted by Crippen LogP contribution is 2.32. The van der Waals surface area contributed by atoms with E-state index in [0.717, 1.165) is 40.6 Å². The van der Waals surface area contributed by atoms with E-state index in [1.807, 2.05) is 26.4 Å². The van der Waals surface area contributed by atoms with Gasteiger partial charge in [-0.2, -0.15) is 10.2 Å². The van der Waals surface area contributed by atoms with Crippen molar-refractivity contribution in [3.8, 4) is 10.4 Å². The van der Waals surface area contributed by atoms with Crippen LogP contribution in [0.15, 0.2) is 30.9 Å². The predicted molar refractivity (Wildman–Crippen MR) is 139 cm³/mol. The molecule has 2 N–H and O–H groups in total. The van der Waals surface area contributed by atoms with Crippen LogP contribution in [0.1, 0.15) is 47.8 Å². The minimum Gasteiger partial charge on any atom is -0.351 e. The number of hydrogen-bond acceptors (Lipinski definition) is 7. The number of pyridine rings is 1. The summed E-state index contributed by atoms with van der Waals surface area (Å²) in [7, 11) is 1.88. The largest absolute Gasteiger partial charge is 0.351 e. The van der Waals surface area contributed by atoms with Crippen molar-refractivity contribution in [3.63, 3.8) is 0 Å². The van der Waals surface area contributed by atoms with Crippen LogP contribution in [0.5, 0.6) is 0 Å². The van der Waals surface area contributed by atoms with Gasteiger partial charge in [-0.1, -0.05) is 0 Å². The smallest absolute Gasteiger partial charge is 0.260 e. The van der Waals surface area contributed by atoms with Crippen molar-refractivity contribution in [2.24, 2.45) is 7.05 Å². The van der Waals surface area contributed by atoms with Gasteiger partial charge in [0.25, 0.3) is 11.8 Å². The first-order chi connectivity index (χ1) is 16.9. The van der Waals surface area contributed by atoms with Crippen molar-refractivity contribution in [1.29, 1.82) is 0 Å². The highest BCUT2D eigenvalue weighted by molar-refractivity contribution is 7.21. The Bertz CT molecular complexity index is 1410. The van der Waals surface area contributed by atoms with Crippen LogP contribution >= 0.6 is 11.3 Å². The number of likely N-dealkylation sites (tertiary alicyclic amines) is 1. The van der Waals surface area contributed by atoms with Crippen molar-refractivity contribution in [2.45, 2.75) is 26.7 Å². The Morgan fingerprint density at radius 2 is 1.91 bits per heavy atom. The zero-order chi connectivity index (χ0) is 24.5. The molecular weight excluding hydrogens is 464 g/mol. The molecule has 4 aromatic heterocycles. The van der Waals surface area contributed by atoms with Crippen molar-refractivity contribution in [2.75, 3.05) is 31.5 Å². The van der Waals surface area contributed by atoms with E-state index in [1.165, 1.54) is 30.4 Å². The number of carbonyl (C=O) groups is 2. The maximum atomic E-state index is 13.2. The number of anilines is 1. The van der Waals surface area contributed by atoms with E-state index in [4.69, 9.17) is 0 Å². The van der Waals surface area contributed by atoms with Gasteiger partial charge in [-0.3, -0.25) is 19.3 Å². The standard InChI is InChI=1S/C24H28N8O2S.2H2/c1-15-19(13-30(3)29-15)21-14-32-24(35-21)18(12-27-32)23(34)28-20-10-17(11-26-16(20)2)22(33)25-6-9-31-7-4-5-8-31;;/h10-14H,4-9H2,1-3H3,(H,25,33)(H,28,34);2*1H. The second-order valence-corrected chi connectivity index (χ2v) is 9.85. The van der Waals surface area contributed by atoms with Gasteiger partial charge in [0, 0.05) is 47.1 Å². The number of carbonyl (C=O) groups excluding carboxylic acids is 2. The van der Waals surface area contributed by atoms with Gasteiger partial charge >= 0.3 is 0 Å². The summed E-state index contributed by atoms with van der Waals surface area (Å²) in [5.41, 5.74) is 3.94. The molecular formula is C24H32N8O2S. The summed E-state index contributed by atoms with van der Waals surface area (Å²) in [6.07, 6.45) is 9.39. The van der Waals surface area contributed by atoms with Crippen LogP contribution < -0.4 is 10.6 Å². The van der Waals surface area contributed by atoms with E-state index in [-0.39, 0.29) is 14.7 Å². The predicted octanol–water partition coefficient (Wildman–Crippen LogP) is 3.38. The van der Waals surface area contributed by atoms with Crippen LogP contribution in [-0.2, 0) is 7.05 Å². The topological polar surface area (TPSA) is 109 Å². The van der Waals surface area contributed by atoms with Crippen molar-refractivity contribution < 1.29 is 12.4 Å². The number of nitrogens with one attached hydrogen (secondary N) is 2. The summed E-state index contributed by atoms with van der Waals surface area (Å²) in [4.78, 5) is 34.2. The molecule has 4 aromatic rings. The van der Waals surface area contributed by atoms with Crippen molar-refractivity contribution in [3.05, 3.63) is 53.4 Å². The summed E-state index contributed by atoms with van der Waals surface area (Å²) in [6.45, 7) is 7.36. The number of fused-ring (bicyclic) bond motifs is 1. The lowest BCUT2D eigenvalue weighted by atomic mass is 10.2. The molecule has 11 heteroatoms. The summed E-state index contributed by atoms with van der Waals surface area (Å²) in [6, 6.07) is 1.67. The number of aryl methyl sites for hydroxylation is 3. The average molecular weight is 497 g/mol. The van der Waals surface area contributed by atoms with Crippen LogP contribution in [0.4, 0.5) is 5.69 Å². The second kappa shape index (κ2) is 9.59. The molecule has 0 aliphatic carbocycles. The Morgan fingerprint density at radius 1 is 1.11 bits per heavy atom.